The van der Waals surface area contributed by atoms with Gasteiger partial charge in [-0.15, -0.1) is 0 Å². The molecule has 0 N–H and O–H groups in total. The molecule has 2 heterocycles. The highest BCUT2D eigenvalue weighted by Crippen LogP contribution is 2.48. The van der Waals surface area contributed by atoms with Gasteiger partial charge >= 0.3 is 0 Å². The molecule has 0 radical (unpaired) electrons. The SMILES string of the molecule is Clc1ccc2c(c1)c1cc3c(cc1n2-c1ccc(-c2ccc(N(c4ccccc4)c4ccccc4)cc2)cc1)Oc1ccccc1O3. The summed E-state index contributed by atoms with van der Waals surface area (Å²) in [5.41, 5.74) is 8.74. The van der Waals surface area contributed by atoms with Gasteiger partial charge < -0.3 is 18.9 Å². The van der Waals surface area contributed by atoms with Gasteiger partial charge in [-0.1, -0.05) is 84.4 Å². The van der Waals surface area contributed by atoms with Crippen molar-refractivity contribution in [3.63, 3.8) is 0 Å². The molecule has 224 valence electrons. The second-order valence-corrected chi connectivity index (χ2v) is 12.0. The van der Waals surface area contributed by atoms with Crippen LogP contribution in [0.25, 0.3) is 38.6 Å². The molecule has 8 aromatic rings. The average molecular weight is 627 g/mol. The van der Waals surface area contributed by atoms with Crippen LogP contribution >= 0.6 is 11.6 Å². The Bertz CT molecular complexity index is 2360. The third-order valence-corrected chi connectivity index (χ3v) is 8.93. The van der Waals surface area contributed by atoms with Crippen molar-refractivity contribution >= 4 is 50.5 Å². The minimum atomic E-state index is 0.683. The van der Waals surface area contributed by atoms with Crippen LogP contribution < -0.4 is 14.4 Å². The lowest BCUT2D eigenvalue weighted by Gasteiger charge is -2.25. The largest absolute Gasteiger partial charge is 0.449 e. The first-order valence-corrected chi connectivity index (χ1v) is 15.9. The fourth-order valence-electron chi connectivity index (χ4n) is 6.50. The summed E-state index contributed by atoms with van der Waals surface area (Å²) in [6.45, 7) is 0. The molecule has 5 heteroatoms. The number of hydrogen-bond acceptors (Lipinski definition) is 3. The zero-order valence-corrected chi connectivity index (χ0v) is 25.9. The van der Waals surface area contributed by atoms with Gasteiger partial charge in [0.1, 0.15) is 0 Å². The molecule has 47 heavy (non-hydrogen) atoms. The predicted octanol–water partition coefficient (Wildman–Crippen LogP) is 12.5. The standard InChI is InChI=1S/C42H27ClN2O2/c43-30-19-24-37-35(25-30)36-26-41-42(47-40-14-8-7-13-39(40)46-41)27-38(36)45(37)34-22-17-29(18-23-34)28-15-20-33(21-16-28)44(31-9-3-1-4-10-31)32-11-5-2-6-12-32/h1-27H. The predicted molar refractivity (Wildman–Crippen MR) is 192 cm³/mol. The lowest BCUT2D eigenvalue weighted by molar-refractivity contribution is 0.360. The second-order valence-electron chi connectivity index (χ2n) is 11.6. The maximum absolute atomic E-state index is 6.51. The van der Waals surface area contributed by atoms with Crippen molar-refractivity contribution in [2.75, 3.05) is 4.90 Å². The van der Waals surface area contributed by atoms with Crippen LogP contribution in [0, 0.1) is 0 Å². The fourth-order valence-corrected chi connectivity index (χ4v) is 6.67. The van der Waals surface area contributed by atoms with Gasteiger partial charge in [-0.05, 0) is 96.1 Å². The lowest BCUT2D eigenvalue weighted by Crippen LogP contribution is -2.09. The van der Waals surface area contributed by atoms with E-state index in [1.54, 1.807) is 0 Å². The Hall–Kier alpha value is -5.97. The van der Waals surface area contributed by atoms with Crippen molar-refractivity contribution < 1.29 is 9.47 Å². The first kappa shape index (κ1) is 27.3. The Morgan fingerprint density at radius 1 is 0.426 bits per heavy atom. The molecule has 0 saturated heterocycles. The van der Waals surface area contributed by atoms with Crippen molar-refractivity contribution in [3.8, 4) is 39.8 Å². The normalized spacial score (nSPS) is 11.9. The van der Waals surface area contributed by atoms with Crippen molar-refractivity contribution in [1.82, 2.24) is 4.57 Å². The number of rotatable bonds is 5. The van der Waals surface area contributed by atoms with Gasteiger partial charge in [0.15, 0.2) is 23.0 Å². The number of nitrogens with zero attached hydrogens (tertiary/aromatic N) is 2. The Balaban J connectivity index is 1.09. The van der Waals surface area contributed by atoms with E-state index >= 15 is 0 Å². The Morgan fingerprint density at radius 3 is 1.55 bits per heavy atom. The Morgan fingerprint density at radius 2 is 0.936 bits per heavy atom. The van der Waals surface area contributed by atoms with Gasteiger partial charge in [0.05, 0.1) is 11.0 Å². The summed E-state index contributed by atoms with van der Waals surface area (Å²) in [5.74, 6) is 2.78. The highest BCUT2D eigenvalue weighted by Gasteiger charge is 2.23. The Kier molecular flexibility index (Phi) is 6.47. The van der Waals surface area contributed by atoms with E-state index in [-0.39, 0.29) is 0 Å². The maximum atomic E-state index is 6.51. The van der Waals surface area contributed by atoms with Gasteiger partial charge in [0.25, 0.3) is 0 Å². The highest BCUT2D eigenvalue weighted by molar-refractivity contribution is 6.32. The number of ether oxygens (including phenoxy) is 2. The molecule has 0 bridgehead atoms. The number of aromatic nitrogens is 1. The smallest absolute Gasteiger partial charge is 0.172 e. The zero-order chi connectivity index (χ0) is 31.3. The summed E-state index contributed by atoms with van der Waals surface area (Å²) in [5, 5.41) is 2.79. The van der Waals surface area contributed by atoms with Gasteiger partial charge in [-0.2, -0.15) is 0 Å². The first-order valence-electron chi connectivity index (χ1n) is 15.5. The molecule has 1 aromatic heterocycles. The summed E-state index contributed by atoms with van der Waals surface area (Å²) in [4.78, 5) is 2.27. The number of para-hydroxylation sites is 4. The maximum Gasteiger partial charge on any atom is 0.172 e. The lowest BCUT2D eigenvalue weighted by atomic mass is 10.0. The molecule has 0 spiro atoms. The van der Waals surface area contributed by atoms with Crippen LogP contribution in [-0.2, 0) is 0 Å². The second kappa shape index (κ2) is 11.1. The molecule has 0 amide bonds. The van der Waals surface area contributed by atoms with Gasteiger partial charge in [-0.25, -0.2) is 0 Å². The highest BCUT2D eigenvalue weighted by atomic mass is 35.5. The van der Waals surface area contributed by atoms with E-state index in [0.717, 1.165) is 55.7 Å². The van der Waals surface area contributed by atoms with E-state index in [9.17, 15) is 0 Å². The molecule has 0 saturated carbocycles. The molecule has 7 aromatic carbocycles. The van der Waals surface area contributed by atoms with Crippen LogP contribution in [0.4, 0.5) is 17.1 Å². The summed E-state index contributed by atoms with van der Waals surface area (Å²) in [6.07, 6.45) is 0. The van der Waals surface area contributed by atoms with E-state index < -0.39 is 0 Å². The molecule has 9 rings (SSSR count). The number of anilines is 3. The molecule has 0 unspecified atom stereocenters. The van der Waals surface area contributed by atoms with Crippen molar-refractivity contribution in [2.24, 2.45) is 0 Å². The van der Waals surface area contributed by atoms with Gasteiger partial charge in [-0.3, -0.25) is 0 Å². The first-order chi connectivity index (χ1) is 23.2. The monoisotopic (exact) mass is 626 g/mol. The number of hydrogen-bond donors (Lipinski definition) is 0. The number of benzene rings is 7. The van der Waals surface area contributed by atoms with Crippen LogP contribution in [0.1, 0.15) is 0 Å². The minimum Gasteiger partial charge on any atom is -0.449 e. The van der Waals surface area contributed by atoms with Crippen LogP contribution in [-0.4, -0.2) is 4.57 Å². The summed E-state index contributed by atoms with van der Waals surface area (Å²) in [6, 6.07) is 56.2. The molecule has 0 aliphatic carbocycles. The third-order valence-electron chi connectivity index (χ3n) is 8.69. The van der Waals surface area contributed by atoms with Crippen LogP contribution in [0.5, 0.6) is 23.0 Å². The average Bonchev–Trinajstić information content (AvgIpc) is 3.43. The topological polar surface area (TPSA) is 26.6 Å². The molecular weight excluding hydrogens is 600 g/mol. The Labute approximate surface area is 277 Å². The van der Waals surface area contributed by atoms with E-state index in [4.69, 9.17) is 21.1 Å². The van der Waals surface area contributed by atoms with Crippen LogP contribution in [0.2, 0.25) is 5.02 Å². The van der Waals surface area contributed by atoms with E-state index in [1.165, 1.54) is 0 Å². The summed E-state index contributed by atoms with van der Waals surface area (Å²) in [7, 11) is 0. The van der Waals surface area contributed by atoms with Crippen LogP contribution in [0.15, 0.2) is 164 Å². The van der Waals surface area contributed by atoms with E-state index in [1.807, 2.05) is 48.5 Å². The molecule has 4 nitrogen and oxygen atoms in total. The van der Waals surface area contributed by atoms with Crippen molar-refractivity contribution in [2.45, 2.75) is 0 Å². The van der Waals surface area contributed by atoms with Gasteiger partial charge in [0.2, 0.25) is 0 Å². The van der Waals surface area contributed by atoms with Crippen LogP contribution in [0.3, 0.4) is 0 Å². The summed E-state index contributed by atoms with van der Waals surface area (Å²) < 4.78 is 14.8. The molecule has 1 aliphatic rings. The quantitative estimate of drug-likeness (QED) is 0.190. The van der Waals surface area contributed by atoms with E-state index in [0.29, 0.717) is 28.0 Å². The molecular formula is C42H27ClN2O2. The third kappa shape index (κ3) is 4.78. The van der Waals surface area contributed by atoms with Crippen molar-refractivity contribution in [3.05, 3.63) is 169 Å². The summed E-state index contributed by atoms with van der Waals surface area (Å²) >= 11 is 6.51. The van der Waals surface area contributed by atoms with E-state index in [2.05, 4.69) is 125 Å². The number of fused-ring (bicyclic) bond motifs is 5. The van der Waals surface area contributed by atoms with Gasteiger partial charge in [0, 0.05) is 44.6 Å². The number of halogens is 1. The molecule has 0 fully saturated rings. The van der Waals surface area contributed by atoms with Crippen molar-refractivity contribution in [1.29, 1.82) is 0 Å². The minimum absolute atomic E-state index is 0.683. The molecule has 0 atom stereocenters. The molecule has 1 aliphatic heterocycles. The fraction of sp³-hybridized carbons (Fsp3) is 0. The zero-order valence-electron chi connectivity index (χ0n) is 25.2.